The molecule has 2 heterocycles. The van der Waals surface area contributed by atoms with Crippen molar-refractivity contribution in [3.8, 4) is 11.4 Å². The lowest BCUT2D eigenvalue weighted by molar-refractivity contribution is 1.17. The van der Waals surface area contributed by atoms with Gasteiger partial charge in [0.05, 0.1) is 22.1 Å². The highest BCUT2D eigenvalue weighted by Crippen LogP contribution is 2.40. The van der Waals surface area contributed by atoms with E-state index in [-0.39, 0.29) is 0 Å². The highest BCUT2D eigenvalue weighted by molar-refractivity contribution is 9.10. The highest BCUT2D eigenvalue weighted by Gasteiger charge is 2.21. The second kappa shape index (κ2) is 6.36. The van der Waals surface area contributed by atoms with E-state index in [1.807, 2.05) is 0 Å². The van der Waals surface area contributed by atoms with E-state index in [0.717, 1.165) is 10.2 Å². The third kappa shape index (κ3) is 2.41. The van der Waals surface area contributed by atoms with Crippen LogP contribution >= 0.6 is 15.9 Å². The first-order valence-corrected chi connectivity index (χ1v) is 10.5. The minimum absolute atomic E-state index is 1.08. The second-order valence-electron chi connectivity index (χ2n) is 7.22. The summed E-state index contributed by atoms with van der Waals surface area (Å²) in [5, 5.41) is 2.50. The van der Waals surface area contributed by atoms with Crippen LogP contribution in [0.25, 0.3) is 44.2 Å². The summed E-state index contributed by atoms with van der Waals surface area (Å²) in [6.07, 6.45) is 0. The van der Waals surface area contributed by atoms with Gasteiger partial charge in [0.1, 0.15) is 0 Å². The molecule has 0 aliphatic carbocycles. The van der Waals surface area contributed by atoms with Gasteiger partial charge in [0.15, 0.2) is 0 Å². The topological polar surface area (TPSA) is 9.86 Å². The van der Waals surface area contributed by atoms with Crippen molar-refractivity contribution in [2.45, 2.75) is 0 Å². The minimum Gasteiger partial charge on any atom is -0.307 e. The maximum Gasteiger partial charge on any atom is 0.0803 e. The summed E-state index contributed by atoms with van der Waals surface area (Å²) in [6, 6.07) is 36.5. The Morgan fingerprint density at radius 2 is 1.00 bits per heavy atom. The molecule has 4 aromatic carbocycles. The quantitative estimate of drug-likeness (QED) is 0.266. The summed E-state index contributed by atoms with van der Waals surface area (Å²) in [7, 11) is 0. The predicted octanol–water partition coefficient (Wildman–Crippen LogP) is 7.49. The molecular weight excluding hydrogens is 420 g/mol. The van der Waals surface area contributed by atoms with Gasteiger partial charge < -0.3 is 9.13 Å². The first kappa shape index (κ1) is 16.6. The minimum atomic E-state index is 1.08. The molecule has 0 saturated heterocycles. The van der Waals surface area contributed by atoms with Crippen molar-refractivity contribution < 1.29 is 0 Å². The second-order valence-corrected chi connectivity index (χ2v) is 8.13. The lowest BCUT2D eigenvalue weighted by Gasteiger charge is -2.09. The van der Waals surface area contributed by atoms with Crippen LogP contribution in [0.3, 0.4) is 0 Å². The molecule has 0 spiro atoms. The zero-order chi connectivity index (χ0) is 19.4. The molecule has 0 radical (unpaired) electrons. The lowest BCUT2D eigenvalue weighted by atomic mass is 10.2. The summed E-state index contributed by atoms with van der Waals surface area (Å²) >= 11 is 3.65. The average molecular weight is 437 g/mol. The fourth-order valence-corrected chi connectivity index (χ4v) is 4.80. The van der Waals surface area contributed by atoms with Gasteiger partial charge >= 0.3 is 0 Å². The molecule has 0 atom stereocenters. The number of rotatable bonds is 2. The first-order chi connectivity index (χ1) is 14.3. The molecule has 0 unspecified atom stereocenters. The number of para-hydroxylation sites is 3. The van der Waals surface area contributed by atoms with Crippen molar-refractivity contribution in [3.63, 3.8) is 0 Å². The van der Waals surface area contributed by atoms with Gasteiger partial charge in [-0.05, 0) is 42.5 Å². The Labute approximate surface area is 176 Å². The van der Waals surface area contributed by atoms with Crippen LogP contribution in [0.1, 0.15) is 0 Å². The van der Waals surface area contributed by atoms with E-state index in [1.165, 1.54) is 38.5 Å². The molecule has 0 fully saturated rings. The predicted molar refractivity (Wildman–Crippen MR) is 125 cm³/mol. The number of hydrogen-bond donors (Lipinski definition) is 0. The standard InChI is InChI=1S/C26H17BrN2/c27-18-9-8-12-20(17-18)29-24-16-7-5-14-22(24)25-26(29)21-13-4-6-15-23(21)28(25)19-10-2-1-3-11-19/h1-17H. The monoisotopic (exact) mass is 436 g/mol. The van der Waals surface area contributed by atoms with E-state index in [9.17, 15) is 0 Å². The molecule has 0 N–H and O–H groups in total. The Morgan fingerprint density at radius 1 is 0.483 bits per heavy atom. The smallest absolute Gasteiger partial charge is 0.0803 e. The molecule has 6 rings (SSSR count). The summed E-state index contributed by atoms with van der Waals surface area (Å²) in [5.74, 6) is 0. The van der Waals surface area contributed by atoms with Gasteiger partial charge in [-0.25, -0.2) is 0 Å². The fourth-order valence-electron chi connectivity index (χ4n) is 4.42. The third-order valence-corrected chi connectivity index (χ3v) is 6.05. The van der Waals surface area contributed by atoms with Gasteiger partial charge in [0.25, 0.3) is 0 Å². The van der Waals surface area contributed by atoms with Gasteiger partial charge in [0.2, 0.25) is 0 Å². The van der Waals surface area contributed by atoms with Crippen molar-refractivity contribution in [3.05, 3.63) is 108 Å². The van der Waals surface area contributed by atoms with Crippen molar-refractivity contribution in [1.29, 1.82) is 0 Å². The SMILES string of the molecule is Brc1cccc(-n2c3ccccc3c3c2c2ccccc2n3-c2ccccc2)c1. The number of aromatic nitrogens is 2. The van der Waals surface area contributed by atoms with E-state index in [0.29, 0.717) is 0 Å². The molecule has 29 heavy (non-hydrogen) atoms. The van der Waals surface area contributed by atoms with Crippen molar-refractivity contribution in [1.82, 2.24) is 9.13 Å². The number of halogens is 1. The molecule has 6 aromatic rings. The summed E-state index contributed by atoms with van der Waals surface area (Å²) in [4.78, 5) is 0. The van der Waals surface area contributed by atoms with Crippen LogP contribution in [-0.4, -0.2) is 9.13 Å². The van der Waals surface area contributed by atoms with Gasteiger partial charge in [-0.3, -0.25) is 0 Å². The Balaban J connectivity index is 1.90. The number of hydrogen-bond acceptors (Lipinski definition) is 0. The van der Waals surface area contributed by atoms with Crippen LogP contribution in [-0.2, 0) is 0 Å². The Hall–Kier alpha value is -3.30. The summed E-state index contributed by atoms with van der Waals surface area (Å²) in [6.45, 7) is 0. The summed E-state index contributed by atoms with van der Waals surface area (Å²) < 4.78 is 5.85. The van der Waals surface area contributed by atoms with Gasteiger partial charge in [0, 0.05) is 26.6 Å². The molecule has 0 aliphatic heterocycles. The van der Waals surface area contributed by atoms with Crippen LogP contribution in [0.5, 0.6) is 0 Å². The van der Waals surface area contributed by atoms with Crippen LogP contribution in [0.15, 0.2) is 108 Å². The van der Waals surface area contributed by atoms with Crippen LogP contribution < -0.4 is 0 Å². The lowest BCUT2D eigenvalue weighted by Crippen LogP contribution is -1.93. The van der Waals surface area contributed by atoms with Crippen LogP contribution in [0, 0.1) is 0 Å². The molecule has 138 valence electrons. The third-order valence-electron chi connectivity index (χ3n) is 5.55. The largest absolute Gasteiger partial charge is 0.307 e. The van der Waals surface area contributed by atoms with Crippen LogP contribution in [0.2, 0.25) is 0 Å². The number of fused-ring (bicyclic) bond motifs is 5. The van der Waals surface area contributed by atoms with Gasteiger partial charge in [-0.2, -0.15) is 0 Å². The van der Waals surface area contributed by atoms with E-state index in [1.54, 1.807) is 0 Å². The molecule has 0 saturated carbocycles. The normalized spacial score (nSPS) is 11.6. The van der Waals surface area contributed by atoms with Crippen molar-refractivity contribution in [2.24, 2.45) is 0 Å². The van der Waals surface area contributed by atoms with E-state index in [2.05, 4.69) is 128 Å². The van der Waals surface area contributed by atoms with E-state index < -0.39 is 0 Å². The Morgan fingerprint density at radius 3 is 1.62 bits per heavy atom. The molecule has 0 amide bonds. The molecule has 2 nitrogen and oxygen atoms in total. The first-order valence-electron chi connectivity index (χ1n) is 9.67. The molecule has 0 bridgehead atoms. The van der Waals surface area contributed by atoms with Gasteiger partial charge in [-0.1, -0.05) is 76.6 Å². The van der Waals surface area contributed by atoms with Crippen LogP contribution in [0.4, 0.5) is 0 Å². The maximum absolute atomic E-state index is 3.65. The average Bonchev–Trinajstić information content (AvgIpc) is 3.27. The molecular formula is C26H17BrN2. The Bertz CT molecular complexity index is 1500. The molecule has 0 aliphatic rings. The molecule has 2 aromatic heterocycles. The Kier molecular flexibility index (Phi) is 3.65. The zero-order valence-corrected chi connectivity index (χ0v) is 17.2. The van der Waals surface area contributed by atoms with Crippen molar-refractivity contribution >= 4 is 48.8 Å². The van der Waals surface area contributed by atoms with Crippen molar-refractivity contribution in [2.75, 3.05) is 0 Å². The van der Waals surface area contributed by atoms with E-state index in [4.69, 9.17) is 0 Å². The van der Waals surface area contributed by atoms with E-state index >= 15 is 0 Å². The van der Waals surface area contributed by atoms with Gasteiger partial charge in [-0.15, -0.1) is 0 Å². The molecule has 3 heteroatoms. The number of benzene rings is 4. The maximum atomic E-state index is 3.65. The number of nitrogens with zero attached hydrogens (tertiary/aromatic N) is 2. The fraction of sp³-hybridized carbons (Fsp3) is 0. The zero-order valence-electron chi connectivity index (χ0n) is 15.6. The summed E-state index contributed by atoms with van der Waals surface area (Å²) in [5.41, 5.74) is 7.25. The highest BCUT2D eigenvalue weighted by atomic mass is 79.9.